The van der Waals surface area contributed by atoms with Crippen LogP contribution in [0.5, 0.6) is 5.75 Å². The number of carbonyl (C=O) groups is 1. The highest BCUT2D eigenvalue weighted by molar-refractivity contribution is 6.32. The molecule has 1 aromatic carbocycles. The number of carbonyl (C=O) groups excluding carboxylic acids is 1. The van der Waals surface area contributed by atoms with Gasteiger partial charge in [-0.3, -0.25) is 4.79 Å². The lowest BCUT2D eigenvalue weighted by molar-refractivity contribution is -0.137. The van der Waals surface area contributed by atoms with E-state index in [1.165, 1.54) is 12.1 Å². The van der Waals surface area contributed by atoms with Crippen LogP contribution >= 0.6 is 11.6 Å². The van der Waals surface area contributed by atoms with Crippen LogP contribution in [-0.4, -0.2) is 41.2 Å². The topological polar surface area (TPSA) is 49.8 Å². The third-order valence-corrected chi connectivity index (χ3v) is 3.73. The van der Waals surface area contributed by atoms with Gasteiger partial charge in [0.15, 0.2) is 6.61 Å². The predicted octanol–water partition coefficient (Wildman–Crippen LogP) is 2.23. The van der Waals surface area contributed by atoms with Crippen LogP contribution in [-0.2, 0) is 4.79 Å². The molecule has 0 saturated carbocycles. The van der Waals surface area contributed by atoms with Crippen molar-refractivity contribution < 1.29 is 19.0 Å². The van der Waals surface area contributed by atoms with Crippen LogP contribution in [0, 0.1) is 5.82 Å². The van der Waals surface area contributed by atoms with Crippen molar-refractivity contribution in [1.29, 1.82) is 0 Å². The summed E-state index contributed by atoms with van der Waals surface area (Å²) >= 11 is 5.81. The molecule has 1 heterocycles. The van der Waals surface area contributed by atoms with Crippen LogP contribution < -0.4 is 4.74 Å². The van der Waals surface area contributed by atoms with Crippen LogP contribution in [0.3, 0.4) is 0 Å². The molecule has 1 amide bonds. The van der Waals surface area contributed by atoms with Crippen molar-refractivity contribution >= 4 is 17.5 Å². The zero-order chi connectivity index (χ0) is 14.8. The molecule has 0 aromatic heterocycles. The second kappa shape index (κ2) is 5.97. The summed E-state index contributed by atoms with van der Waals surface area (Å²) in [5, 5.41) is 9.96. The Morgan fingerprint density at radius 1 is 1.50 bits per heavy atom. The van der Waals surface area contributed by atoms with E-state index in [1.54, 1.807) is 11.8 Å². The lowest BCUT2D eigenvalue weighted by atomic mass is 9.94. The second-order valence-corrected chi connectivity index (χ2v) is 5.65. The molecular weight excluding hydrogens is 285 g/mol. The number of hydrogen-bond donors (Lipinski definition) is 1. The lowest BCUT2D eigenvalue weighted by Crippen LogP contribution is -2.46. The Balaban J connectivity index is 1.86. The largest absolute Gasteiger partial charge is 0.482 e. The second-order valence-electron chi connectivity index (χ2n) is 5.24. The summed E-state index contributed by atoms with van der Waals surface area (Å²) in [6.45, 7) is 2.63. The quantitative estimate of drug-likeness (QED) is 0.931. The van der Waals surface area contributed by atoms with E-state index in [0.29, 0.717) is 25.9 Å². The zero-order valence-corrected chi connectivity index (χ0v) is 12.0. The lowest BCUT2D eigenvalue weighted by Gasteiger charge is -2.35. The van der Waals surface area contributed by atoms with Gasteiger partial charge in [-0.2, -0.15) is 0 Å². The summed E-state index contributed by atoms with van der Waals surface area (Å²) in [6, 6.07) is 3.76. The standard InChI is InChI=1S/C14H17ClFNO3/c1-14(19)4-6-17(7-5-14)13(18)9-20-12-3-2-10(16)8-11(12)15/h2-3,8,19H,4-7,9H2,1H3. The number of benzene rings is 1. The van der Waals surface area contributed by atoms with Crippen molar-refractivity contribution in [3.8, 4) is 5.75 Å². The van der Waals surface area contributed by atoms with E-state index >= 15 is 0 Å². The van der Waals surface area contributed by atoms with Crippen LogP contribution in [0.15, 0.2) is 18.2 Å². The van der Waals surface area contributed by atoms with E-state index < -0.39 is 11.4 Å². The molecule has 0 radical (unpaired) electrons. The molecule has 110 valence electrons. The van der Waals surface area contributed by atoms with Gasteiger partial charge in [-0.05, 0) is 38.0 Å². The number of likely N-dealkylation sites (tertiary alicyclic amines) is 1. The molecule has 0 spiro atoms. The number of amides is 1. The first kappa shape index (κ1) is 15.1. The molecule has 0 bridgehead atoms. The van der Waals surface area contributed by atoms with Gasteiger partial charge in [-0.15, -0.1) is 0 Å². The molecule has 4 nitrogen and oxygen atoms in total. The van der Waals surface area contributed by atoms with Crippen molar-refractivity contribution in [3.63, 3.8) is 0 Å². The molecule has 0 atom stereocenters. The summed E-state index contributed by atoms with van der Waals surface area (Å²) in [7, 11) is 0. The minimum atomic E-state index is -0.697. The smallest absolute Gasteiger partial charge is 0.260 e. The maximum atomic E-state index is 12.9. The predicted molar refractivity (Wildman–Crippen MR) is 73.3 cm³/mol. The highest BCUT2D eigenvalue weighted by Crippen LogP contribution is 2.25. The number of rotatable bonds is 3. The van der Waals surface area contributed by atoms with Gasteiger partial charge < -0.3 is 14.7 Å². The number of aliphatic hydroxyl groups is 1. The van der Waals surface area contributed by atoms with Crippen LogP contribution in [0.25, 0.3) is 0 Å². The molecule has 1 saturated heterocycles. The van der Waals surface area contributed by atoms with Crippen molar-refractivity contribution in [2.75, 3.05) is 19.7 Å². The first-order valence-electron chi connectivity index (χ1n) is 6.45. The Morgan fingerprint density at radius 3 is 2.75 bits per heavy atom. The van der Waals surface area contributed by atoms with Gasteiger partial charge in [0.1, 0.15) is 11.6 Å². The van der Waals surface area contributed by atoms with E-state index in [2.05, 4.69) is 0 Å². The molecule has 6 heteroatoms. The summed E-state index contributed by atoms with van der Waals surface area (Å²) in [4.78, 5) is 13.6. The molecular formula is C14H17ClFNO3. The van der Waals surface area contributed by atoms with Crippen molar-refractivity contribution in [2.45, 2.75) is 25.4 Å². The highest BCUT2D eigenvalue weighted by Gasteiger charge is 2.29. The number of halogens is 2. The van der Waals surface area contributed by atoms with E-state index in [-0.39, 0.29) is 23.3 Å². The Kier molecular flexibility index (Phi) is 4.50. The summed E-state index contributed by atoms with van der Waals surface area (Å²) in [6.07, 6.45) is 1.10. The monoisotopic (exact) mass is 301 g/mol. The Hall–Kier alpha value is -1.33. The number of nitrogens with zero attached hydrogens (tertiary/aromatic N) is 1. The third kappa shape index (κ3) is 3.84. The first-order chi connectivity index (χ1) is 9.37. The Bertz CT molecular complexity index is 497. The molecule has 0 unspecified atom stereocenters. The molecule has 2 rings (SSSR count). The molecule has 1 fully saturated rings. The SMILES string of the molecule is CC1(O)CCN(C(=O)COc2ccc(F)cc2Cl)CC1. The van der Waals surface area contributed by atoms with Crippen LogP contribution in [0.4, 0.5) is 4.39 Å². The summed E-state index contributed by atoms with van der Waals surface area (Å²) in [5.74, 6) is -0.335. The van der Waals surface area contributed by atoms with Gasteiger partial charge >= 0.3 is 0 Å². The fourth-order valence-electron chi connectivity index (χ4n) is 2.06. The maximum absolute atomic E-state index is 12.9. The minimum absolute atomic E-state index is 0.138. The average molecular weight is 302 g/mol. The zero-order valence-electron chi connectivity index (χ0n) is 11.2. The van der Waals surface area contributed by atoms with Gasteiger partial charge in [-0.1, -0.05) is 11.6 Å². The molecule has 1 aromatic rings. The van der Waals surface area contributed by atoms with Crippen LogP contribution in [0.2, 0.25) is 5.02 Å². The third-order valence-electron chi connectivity index (χ3n) is 3.44. The van der Waals surface area contributed by atoms with Gasteiger partial charge in [0.25, 0.3) is 5.91 Å². The van der Waals surface area contributed by atoms with Crippen molar-refractivity contribution in [2.24, 2.45) is 0 Å². The summed E-state index contributed by atoms with van der Waals surface area (Å²) in [5.41, 5.74) is -0.697. The van der Waals surface area contributed by atoms with E-state index in [1.807, 2.05) is 0 Å². The van der Waals surface area contributed by atoms with Gasteiger partial charge in [0.2, 0.25) is 0 Å². The van der Waals surface area contributed by atoms with E-state index in [9.17, 15) is 14.3 Å². The maximum Gasteiger partial charge on any atom is 0.260 e. The Labute approximate surface area is 122 Å². The Morgan fingerprint density at radius 2 is 2.15 bits per heavy atom. The van der Waals surface area contributed by atoms with Gasteiger partial charge in [0, 0.05) is 13.1 Å². The fourth-order valence-corrected chi connectivity index (χ4v) is 2.28. The normalized spacial score (nSPS) is 17.9. The van der Waals surface area contributed by atoms with Crippen molar-refractivity contribution in [3.05, 3.63) is 29.0 Å². The van der Waals surface area contributed by atoms with Gasteiger partial charge in [0.05, 0.1) is 10.6 Å². The molecule has 1 aliphatic rings. The minimum Gasteiger partial charge on any atom is -0.482 e. The van der Waals surface area contributed by atoms with Crippen molar-refractivity contribution in [1.82, 2.24) is 4.90 Å². The molecule has 0 aliphatic carbocycles. The molecule has 20 heavy (non-hydrogen) atoms. The highest BCUT2D eigenvalue weighted by atomic mass is 35.5. The average Bonchev–Trinajstić information content (AvgIpc) is 2.37. The van der Waals surface area contributed by atoms with E-state index in [4.69, 9.17) is 16.3 Å². The first-order valence-corrected chi connectivity index (χ1v) is 6.83. The van der Waals surface area contributed by atoms with Gasteiger partial charge in [-0.25, -0.2) is 4.39 Å². The van der Waals surface area contributed by atoms with Crippen LogP contribution in [0.1, 0.15) is 19.8 Å². The molecule has 1 N–H and O–H groups in total. The number of piperidine rings is 1. The van der Waals surface area contributed by atoms with E-state index in [0.717, 1.165) is 6.07 Å². The fraction of sp³-hybridized carbons (Fsp3) is 0.500. The molecule has 1 aliphatic heterocycles. The number of ether oxygens (including phenoxy) is 1. The summed E-state index contributed by atoms with van der Waals surface area (Å²) < 4.78 is 18.2. The number of hydrogen-bond acceptors (Lipinski definition) is 3.